The largest absolute Gasteiger partial charge is 0.441 e. The fourth-order valence-corrected chi connectivity index (χ4v) is 3.00. The van der Waals surface area contributed by atoms with E-state index in [1.807, 2.05) is 0 Å². The minimum atomic E-state index is -4.13. The highest BCUT2D eigenvalue weighted by Crippen LogP contribution is 2.38. The number of halogens is 3. The molecule has 0 spiro atoms. The van der Waals surface area contributed by atoms with E-state index in [2.05, 4.69) is 5.32 Å². The zero-order chi connectivity index (χ0) is 14.2. The lowest BCUT2D eigenvalue weighted by Gasteiger charge is -2.37. The summed E-state index contributed by atoms with van der Waals surface area (Å²) in [4.78, 5) is 0. The maximum absolute atomic E-state index is 12.2. The van der Waals surface area contributed by atoms with Crippen LogP contribution >= 0.6 is 11.8 Å². The number of ether oxygens (including phenoxy) is 2. The third-order valence-electron chi connectivity index (χ3n) is 3.43. The molecule has 0 amide bonds. The van der Waals surface area contributed by atoms with Gasteiger partial charge in [0.1, 0.15) is 0 Å². The third kappa shape index (κ3) is 7.39. The van der Waals surface area contributed by atoms with E-state index in [-0.39, 0.29) is 22.9 Å². The minimum Gasteiger partial charge on any atom is -0.383 e. The smallest absolute Gasteiger partial charge is 0.383 e. The molecule has 0 aromatic rings. The average Bonchev–Trinajstić information content (AvgIpc) is 2.34. The van der Waals surface area contributed by atoms with Gasteiger partial charge < -0.3 is 14.8 Å². The van der Waals surface area contributed by atoms with Crippen molar-refractivity contribution in [1.29, 1.82) is 0 Å². The monoisotopic (exact) mass is 301 g/mol. The summed E-state index contributed by atoms with van der Waals surface area (Å²) in [6, 6.07) is 0. The number of thioether (sulfide) groups is 1. The van der Waals surface area contributed by atoms with Crippen molar-refractivity contribution in [2.45, 2.75) is 24.8 Å². The molecule has 1 aliphatic heterocycles. The van der Waals surface area contributed by atoms with Gasteiger partial charge in [-0.15, -0.1) is 0 Å². The highest BCUT2D eigenvalue weighted by atomic mass is 32.2. The Morgan fingerprint density at radius 1 is 1.32 bits per heavy atom. The van der Waals surface area contributed by atoms with Crippen molar-refractivity contribution in [2.24, 2.45) is 5.41 Å². The van der Waals surface area contributed by atoms with Crippen LogP contribution in [0, 0.1) is 5.41 Å². The Hall–Kier alpha value is 0.0200. The fraction of sp³-hybridized carbons (Fsp3) is 1.00. The first-order valence-electron chi connectivity index (χ1n) is 6.46. The summed E-state index contributed by atoms with van der Waals surface area (Å²) < 4.78 is 46.8. The normalized spacial score (nSPS) is 19.6. The van der Waals surface area contributed by atoms with E-state index in [4.69, 9.17) is 9.47 Å². The lowest BCUT2D eigenvalue weighted by atomic mass is 9.78. The van der Waals surface area contributed by atoms with Gasteiger partial charge >= 0.3 is 5.51 Å². The first kappa shape index (κ1) is 17.1. The van der Waals surface area contributed by atoms with Gasteiger partial charge in [0, 0.05) is 39.2 Å². The lowest BCUT2D eigenvalue weighted by Crippen LogP contribution is -2.40. The Balaban J connectivity index is 2.36. The molecule has 0 saturated carbocycles. The highest BCUT2D eigenvalue weighted by molar-refractivity contribution is 8.00. The SMILES string of the molecule is COCCNCC1(CCSC(F)(F)F)CCOCC1. The van der Waals surface area contributed by atoms with Crippen molar-refractivity contribution in [2.75, 3.05) is 45.8 Å². The van der Waals surface area contributed by atoms with Crippen LogP contribution in [-0.2, 0) is 9.47 Å². The number of methoxy groups -OCH3 is 1. The molecule has 19 heavy (non-hydrogen) atoms. The van der Waals surface area contributed by atoms with E-state index < -0.39 is 5.51 Å². The molecule has 0 atom stereocenters. The molecule has 1 N–H and O–H groups in total. The quantitative estimate of drug-likeness (QED) is 0.698. The molecule has 0 aliphatic carbocycles. The van der Waals surface area contributed by atoms with Crippen LogP contribution < -0.4 is 5.32 Å². The maximum atomic E-state index is 12.2. The Kier molecular flexibility index (Phi) is 7.49. The van der Waals surface area contributed by atoms with Gasteiger partial charge in [-0.25, -0.2) is 0 Å². The van der Waals surface area contributed by atoms with Crippen molar-refractivity contribution in [1.82, 2.24) is 5.32 Å². The number of alkyl halides is 3. The molecular formula is C12H22F3NO2S. The Labute approximate surface area is 116 Å². The van der Waals surface area contributed by atoms with E-state index in [1.165, 1.54) is 0 Å². The molecule has 0 aromatic heterocycles. The molecular weight excluding hydrogens is 279 g/mol. The maximum Gasteiger partial charge on any atom is 0.441 e. The van der Waals surface area contributed by atoms with Crippen molar-refractivity contribution in [3.05, 3.63) is 0 Å². The second-order valence-corrected chi connectivity index (χ2v) is 5.99. The van der Waals surface area contributed by atoms with Gasteiger partial charge in [-0.3, -0.25) is 0 Å². The number of hydrogen-bond acceptors (Lipinski definition) is 4. The zero-order valence-corrected chi connectivity index (χ0v) is 12.0. The van der Waals surface area contributed by atoms with E-state index in [0.29, 0.717) is 26.2 Å². The van der Waals surface area contributed by atoms with Crippen LogP contribution in [0.15, 0.2) is 0 Å². The molecule has 1 rings (SSSR count). The molecule has 1 aliphatic rings. The van der Waals surface area contributed by atoms with Gasteiger partial charge in [0.2, 0.25) is 0 Å². The summed E-state index contributed by atoms with van der Waals surface area (Å²) in [5.74, 6) is 0.120. The average molecular weight is 301 g/mol. The molecule has 1 heterocycles. The van der Waals surface area contributed by atoms with Crippen LogP contribution in [0.5, 0.6) is 0 Å². The van der Waals surface area contributed by atoms with Crippen molar-refractivity contribution in [3.8, 4) is 0 Å². The Bertz CT molecular complexity index is 246. The van der Waals surface area contributed by atoms with Gasteiger partial charge in [0.15, 0.2) is 0 Å². The molecule has 0 radical (unpaired) electrons. The lowest BCUT2D eigenvalue weighted by molar-refractivity contribution is -0.0332. The van der Waals surface area contributed by atoms with Gasteiger partial charge in [0.05, 0.1) is 6.61 Å². The predicted octanol–water partition coefficient (Wildman–Crippen LogP) is 2.66. The van der Waals surface area contributed by atoms with Gasteiger partial charge in [-0.05, 0) is 24.7 Å². The predicted molar refractivity (Wildman–Crippen MR) is 70.4 cm³/mol. The van der Waals surface area contributed by atoms with Crippen LogP contribution in [0.4, 0.5) is 13.2 Å². The third-order valence-corrected chi connectivity index (χ3v) is 4.17. The number of rotatable bonds is 8. The summed E-state index contributed by atoms with van der Waals surface area (Å²) in [5.41, 5.74) is -4.19. The first-order valence-corrected chi connectivity index (χ1v) is 7.44. The topological polar surface area (TPSA) is 30.5 Å². The zero-order valence-electron chi connectivity index (χ0n) is 11.2. The van der Waals surface area contributed by atoms with Crippen LogP contribution in [0.1, 0.15) is 19.3 Å². The van der Waals surface area contributed by atoms with Gasteiger partial charge in [-0.2, -0.15) is 13.2 Å². The van der Waals surface area contributed by atoms with Crippen LogP contribution in [0.25, 0.3) is 0 Å². The molecule has 114 valence electrons. The molecule has 3 nitrogen and oxygen atoms in total. The Morgan fingerprint density at radius 2 is 2.00 bits per heavy atom. The molecule has 1 fully saturated rings. The van der Waals surface area contributed by atoms with Gasteiger partial charge in [0.25, 0.3) is 0 Å². The van der Waals surface area contributed by atoms with E-state index in [9.17, 15) is 13.2 Å². The molecule has 7 heteroatoms. The van der Waals surface area contributed by atoms with Crippen LogP contribution in [-0.4, -0.2) is 51.3 Å². The van der Waals surface area contributed by atoms with Crippen molar-refractivity contribution >= 4 is 11.8 Å². The van der Waals surface area contributed by atoms with E-state index >= 15 is 0 Å². The highest BCUT2D eigenvalue weighted by Gasteiger charge is 2.34. The standard InChI is InChI=1S/C12H22F3NO2S/c1-17-8-5-16-10-11(2-6-18-7-3-11)4-9-19-12(13,14)15/h16H,2-10H2,1H3. The van der Waals surface area contributed by atoms with Crippen molar-refractivity contribution < 1.29 is 22.6 Å². The fourth-order valence-electron chi connectivity index (χ4n) is 2.23. The molecule has 1 saturated heterocycles. The molecule has 0 bridgehead atoms. The summed E-state index contributed by atoms with van der Waals surface area (Å²) in [6.07, 6.45) is 2.22. The van der Waals surface area contributed by atoms with Crippen LogP contribution in [0.3, 0.4) is 0 Å². The Morgan fingerprint density at radius 3 is 2.58 bits per heavy atom. The number of nitrogens with one attached hydrogen (secondary N) is 1. The summed E-state index contributed by atoms with van der Waals surface area (Å²) >= 11 is 0.0762. The van der Waals surface area contributed by atoms with E-state index in [1.54, 1.807) is 7.11 Å². The van der Waals surface area contributed by atoms with E-state index in [0.717, 1.165) is 25.9 Å². The van der Waals surface area contributed by atoms with Crippen molar-refractivity contribution in [3.63, 3.8) is 0 Å². The minimum absolute atomic E-state index is 0.0652. The van der Waals surface area contributed by atoms with Crippen LogP contribution in [0.2, 0.25) is 0 Å². The molecule has 0 aromatic carbocycles. The summed E-state index contributed by atoms with van der Waals surface area (Å²) in [6.45, 7) is 3.36. The second kappa shape index (κ2) is 8.34. The number of hydrogen-bond donors (Lipinski definition) is 1. The summed E-state index contributed by atoms with van der Waals surface area (Å²) in [7, 11) is 1.63. The summed E-state index contributed by atoms with van der Waals surface area (Å²) in [5, 5.41) is 3.27. The molecule has 0 unspecified atom stereocenters. The first-order chi connectivity index (χ1) is 8.97. The van der Waals surface area contributed by atoms with Gasteiger partial charge in [-0.1, -0.05) is 11.8 Å². The second-order valence-electron chi connectivity index (χ2n) is 4.83.